The number of nitrogens with zero attached hydrogens (tertiary/aromatic N) is 3. The van der Waals surface area contributed by atoms with E-state index in [0.717, 1.165) is 138 Å². The lowest BCUT2D eigenvalue weighted by atomic mass is 10.0. The van der Waals surface area contributed by atoms with Gasteiger partial charge in [0.25, 0.3) is 0 Å². The van der Waals surface area contributed by atoms with Crippen molar-refractivity contribution in [3.63, 3.8) is 0 Å². The number of aryl methyl sites for hydroxylation is 1. The first-order chi connectivity index (χ1) is 41.7. The molecule has 5 heterocycles. The number of aromatic nitrogens is 4. The van der Waals surface area contributed by atoms with Gasteiger partial charge in [-0.3, -0.25) is 0 Å². The van der Waals surface area contributed by atoms with Crippen LogP contribution in [-0.2, 0) is 7.05 Å². The lowest BCUT2D eigenvalue weighted by Gasteiger charge is -2.16. The summed E-state index contributed by atoms with van der Waals surface area (Å²) >= 11 is 0. The number of rotatable bonds is 32. The molecule has 85 heavy (non-hydrogen) atoms. The molecule has 0 amide bonds. The highest BCUT2D eigenvalue weighted by Gasteiger charge is 2.22. The fourth-order valence-electron chi connectivity index (χ4n) is 12.0. The van der Waals surface area contributed by atoms with Crippen molar-refractivity contribution >= 4 is 46.4 Å². The Bertz CT molecular complexity index is 3230. The van der Waals surface area contributed by atoms with Crippen LogP contribution in [-0.4, -0.2) is 45.9 Å². The molecule has 8 heteroatoms. The standard InChI is InChI=1S/C77H96N4O4/c1-10-18-22-54(14-5)50-82-62-34-26-58(27-35-62)74-66-42-43-67(78-66)75(59-28-36-63(37-29-59)83-51-55(15-6)23-19-11-2)69-45-47-71(80-69)77(61-32-40-65(41-33-61)85-53-57(17-8)25-21-13-4)73-49-48-72(81(73)9)76(70-46-44-68(74)79-70)60-30-38-64(39-31-60)84-52-56(16-7)24-20-12-3/h26-49,54-57,78H,10-25,50-53H2,1-9H3. The van der Waals surface area contributed by atoms with E-state index in [1.165, 1.54) is 77.0 Å². The first-order valence-electron chi connectivity index (χ1n) is 32.7. The summed E-state index contributed by atoms with van der Waals surface area (Å²) in [6, 6.07) is 43.5. The smallest absolute Gasteiger partial charge is 0.119 e. The number of aromatic amines is 1. The zero-order valence-electron chi connectivity index (χ0n) is 52.8. The molecular weight excluding hydrogens is 1040 g/mol. The van der Waals surface area contributed by atoms with Crippen molar-refractivity contribution in [1.82, 2.24) is 19.5 Å². The lowest BCUT2D eigenvalue weighted by Crippen LogP contribution is -2.11. The molecule has 7 aromatic rings. The first-order valence-corrected chi connectivity index (χ1v) is 32.7. The van der Waals surface area contributed by atoms with Crippen molar-refractivity contribution in [3.05, 3.63) is 144 Å². The molecule has 0 aliphatic carbocycles. The van der Waals surface area contributed by atoms with E-state index < -0.39 is 0 Å². The summed E-state index contributed by atoms with van der Waals surface area (Å²) in [6.45, 7) is 21.0. The Balaban J connectivity index is 1.25. The maximum atomic E-state index is 6.51. The average molecular weight is 1140 g/mol. The van der Waals surface area contributed by atoms with Gasteiger partial charge in [0.05, 0.1) is 60.2 Å². The Labute approximate surface area is 509 Å². The van der Waals surface area contributed by atoms with Crippen LogP contribution in [0.15, 0.2) is 121 Å². The van der Waals surface area contributed by atoms with E-state index in [4.69, 9.17) is 28.9 Å². The molecule has 1 N–H and O–H groups in total. The minimum atomic E-state index is 0.533. The number of benzene rings is 4. The Morgan fingerprint density at radius 2 is 0.600 bits per heavy atom. The summed E-state index contributed by atoms with van der Waals surface area (Å²) in [7, 11) is 2.18. The molecule has 4 unspecified atom stereocenters. The molecule has 4 aromatic carbocycles. The van der Waals surface area contributed by atoms with Crippen LogP contribution in [0.5, 0.6) is 23.0 Å². The van der Waals surface area contributed by atoms with Gasteiger partial charge in [0, 0.05) is 40.3 Å². The molecular formula is C77H96N4O4. The molecule has 2 aliphatic heterocycles. The van der Waals surface area contributed by atoms with Crippen molar-refractivity contribution in [2.75, 3.05) is 26.4 Å². The highest BCUT2D eigenvalue weighted by molar-refractivity contribution is 6.00. The van der Waals surface area contributed by atoms with Crippen molar-refractivity contribution in [2.45, 2.75) is 158 Å². The number of hydrogen-bond donors (Lipinski definition) is 1. The number of hydrogen-bond acceptors (Lipinski definition) is 6. The van der Waals surface area contributed by atoms with Crippen LogP contribution < -0.4 is 18.9 Å². The zero-order chi connectivity index (χ0) is 59.5. The molecule has 0 spiro atoms. The van der Waals surface area contributed by atoms with E-state index >= 15 is 0 Å². The minimum absolute atomic E-state index is 0.533. The lowest BCUT2D eigenvalue weighted by molar-refractivity contribution is 0.233. The maximum Gasteiger partial charge on any atom is 0.119 e. The van der Waals surface area contributed by atoms with Crippen LogP contribution in [0.2, 0.25) is 0 Å². The fourth-order valence-corrected chi connectivity index (χ4v) is 12.0. The Kier molecular flexibility index (Phi) is 22.8. The van der Waals surface area contributed by atoms with E-state index in [2.05, 4.69) is 218 Å². The quantitative estimate of drug-likeness (QED) is 0.0452. The van der Waals surface area contributed by atoms with Crippen LogP contribution >= 0.6 is 0 Å². The molecule has 3 aromatic heterocycles. The monoisotopic (exact) mass is 1140 g/mol. The predicted molar refractivity (Wildman–Crippen MR) is 360 cm³/mol. The van der Waals surface area contributed by atoms with Gasteiger partial charge >= 0.3 is 0 Å². The number of nitrogens with one attached hydrogen (secondary N) is 1. The average Bonchev–Trinajstić information content (AvgIpc) is 4.46. The summed E-state index contributed by atoms with van der Waals surface area (Å²) in [5, 5.41) is 0. The number of H-pyrrole nitrogens is 1. The van der Waals surface area contributed by atoms with E-state index in [9.17, 15) is 0 Å². The van der Waals surface area contributed by atoms with Gasteiger partial charge in [0.1, 0.15) is 23.0 Å². The van der Waals surface area contributed by atoms with Gasteiger partial charge in [0.15, 0.2) is 0 Å². The summed E-state index contributed by atoms with van der Waals surface area (Å²) < 4.78 is 28.3. The molecule has 0 saturated carbocycles. The number of unbranched alkanes of at least 4 members (excludes halogenated alkanes) is 4. The molecule has 0 fully saturated rings. The van der Waals surface area contributed by atoms with Crippen molar-refractivity contribution < 1.29 is 18.9 Å². The van der Waals surface area contributed by atoms with Crippen molar-refractivity contribution in [3.8, 4) is 67.5 Å². The number of fused-ring (bicyclic) bond motifs is 8. The summed E-state index contributed by atoms with van der Waals surface area (Å²) in [4.78, 5) is 15.3. The Hall–Kier alpha value is -7.32. The SMILES string of the molecule is CCCCC(CC)COc1ccc(-c2c3nc(c(-c4ccc(OCC(CC)CCCC)cc4)c4ccc(c(-c5ccc(OCC(CC)CCCC)cc5)c5nc(c(-c6ccc(OCC(CC)CCCC)cc6)c6ccc2[nH]6)C=C5)n4C)C=C3)cc1. The second kappa shape index (κ2) is 31.2. The van der Waals surface area contributed by atoms with Crippen molar-refractivity contribution in [1.29, 1.82) is 0 Å². The second-order valence-electron chi connectivity index (χ2n) is 23.9. The fraction of sp³-hybridized carbons (Fsp3) is 0.429. The van der Waals surface area contributed by atoms with E-state index in [1.807, 2.05) is 0 Å². The Morgan fingerprint density at radius 3 is 0.859 bits per heavy atom. The molecule has 448 valence electrons. The van der Waals surface area contributed by atoms with Gasteiger partial charge in [-0.2, -0.15) is 0 Å². The third kappa shape index (κ3) is 15.8. The van der Waals surface area contributed by atoms with Crippen LogP contribution in [0.4, 0.5) is 0 Å². The number of ether oxygens (including phenoxy) is 4. The highest BCUT2D eigenvalue weighted by atomic mass is 16.5. The molecule has 8 bridgehead atoms. The predicted octanol–water partition coefficient (Wildman–Crippen LogP) is 21.7. The van der Waals surface area contributed by atoms with Gasteiger partial charge in [-0.15, -0.1) is 0 Å². The largest absolute Gasteiger partial charge is 0.493 e. The third-order valence-electron chi connectivity index (χ3n) is 17.9. The van der Waals surface area contributed by atoms with E-state index in [1.54, 1.807) is 0 Å². The Morgan fingerprint density at radius 1 is 0.341 bits per heavy atom. The summed E-state index contributed by atoms with van der Waals surface area (Å²) in [5.74, 6) is 5.64. The van der Waals surface area contributed by atoms with Gasteiger partial charge in [-0.1, -0.05) is 181 Å². The molecule has 2 aliphatic rings. The van der Waals surface area contributed by atoms with Crippen molar-refractivity contribution in [2.24, 2.45) is 30.7 Å². The minimum Gasteiger partial charge on any atom is -0.493 e. The molecule has 0 saturated heterocycles. The molecule has 9 rings (SSSR count). The van der Waals surface area contributed by atoms with Gasteiger partial charge in [-0.25, -0.2) is 9.97 Å². The second-order valence-corrected chi connectivity index (χ2v) is 23.9. The zero-order valence-corrected chi connectivity index (χ0v) is 52.8. The molecule has 0 radical (unpaired) electrons. The summed E-state index contributed by atoms with van der Waals surface area (Å²) in [5.41, 5.74) is 15.7. The maximum absolute atomic E-state index is 6.51. The van der Waals surface area contributed by atoms with Crippen LogP contribution in [0, 0.1) is 23.7 Å². The summed E-state index contributed by atoms with van der Waals surface area (Å²) in [6.07, 6.45) is 27.6. The van der Waals surface area contributed by atoms with E-state index in [0.29, 0.717) is 50.1 Å². The normalized spacial score (nSPS) is 13.4. The van der Waals surface area contributed by atoms with Crippen LogP contribution in [0.1, 0.15) is 181 Å². The third-order valence-corrected chi connectivity index (χ3v) is 17.9. The molecule has 4 atom stereocenters. The first kappa shape index (κ1) is 62.2. The van der Waals surface area contributed by atoms with Gasteiger partial charge < -0.3 is 28.5 Å². The van der Waals surface area contributed by atoms with Gasteiger partial charge in [0.2, 0.25) is 0 Å². The van der Waals surface area contributed by atoms with Crippen LogP contribution in [0.3, 0.4) is 0 Å². The molecule has 8 nitrogen and oxygen atoms in total. The topological polar surface area (TPSA) is 83.4 Å². The van der Waals surface area contributed by atoms with Crippen LogP contribution in [0.25, 0.3) is 90.9 Å². The highest BCUT2D eigenvalue weighted by Crippen LogP contribution is 2.41. The van der Waals surface area contributed by atoms with Gasteiger partial charge in [-0.05, 0) is 169 Å². The van der Waals surface area contributed by atoms with E-state index in [-0.39, 0.29) is 0 Å².